The number of para-hydroxylation sites is 1. The molecule has 41 heavy (non-hydrogen) atoms. The number of thiophene rings is 1. The number of anilines is 1. The third-order valence-electron chi connectivity index (χ3n) is 7.41. The number of ether oxygens (including phenoxy) is 2. The van der Waals surface area contributed by atoms with Gasteiger partial charge in [-0.25, -0.2) is 4.68 Å². The molecule has 4 aromatic rings. The molecule has 1 atom stereocenters. The van der Waals surface area contributed by atoms with Crippen molar-refractivity contribution in [1.29, 1.82) is 0 Å². The van der Waals surface area contributed by atoms with Gasteiger partial charge in [0.05, 0.1) is 26.3 Å². The van der Waals surface area contributed by atoms with Gasteiger partial charge in [-0.3, -0.25) is 14.5 Å². The van der Waals surface area contributed by atoms with Crippen LogP contribution in [0.3, 0.4) is 0 Å². The van der Waals surface area contributed by atoms with E-state index in [4.69, 9.17) is 9.47 Å². The molecule has 214 valence electrons. The zero-order valence-corrected chi connectivity index (χ0v) is 24.3. The number of hydrogen-bond donors (Lipinski definition) is 1. The summed E-state index contributed by atoms with van der Waals surface area (Å²) in [6.45, 7) is 1.92. The first kappa shape index (κ1) is 28.3. The topological polar surface area (TPSA) is 111 Å². The van der Waals surface area contributed by atoms with Crippen LogP contribution in [0.2, 0.25) is 0 Å². The van der Waals surface area contributed by atoms with Gasteiger partial charge in [-0.2, -0.15) is 0 Å². The number of hydrogen-bond acceptors (Lipinski definition) is 8. The first-order valence-electron chi connectivity index (χ1n) is 13.7. The predicted molar refractivity (Wildman–Crippen MR) is 157 cm³/mol. The normalized spacial score (nSPS) is 14.3. The van der Waals surface area contributed by atoms with E-state index in [0.717, 1.165) is 48.2 Å². The minimum Gasteiger partial charge on any atom is -0.493 e. The van der Waals surface area contributed by atoms with Crippen LogP contribution in [-0.4, -0.2) is 52.3 Å². The second-order valence-electron chi connectivity index (χ2n) is 10.1. The van der Waals surface area contributed by atoms with Crippen molar-refractivity contribution in [1.82, 2.24) is 25.5 Å². The summed E-state index contributed by atoms with van der Waals surface area (Å²) in [6, 6.07) is 13.9. The Kier molecular flexibility index (Phi) is 8.93. The molecule has 1 aliphatic rings. The third kappa shape index (κ3) is 6.25. The molecule has 1 fully saturated rings. The Hall–Kier alpha value is -4.25. The third-order valence-corrected chi connectivity index (χ3v) is 8.29. The molecule has 0 radical (unpaired) electrons. The fourth-order valence-corrected chi connectivity index (χ4v) is 6.15. The van der Waals surface area contributed by atoms with Gasteiger partial charge < -0.3 is 14.8 Å². The average molecular weight is 575 g/mol. The van der Waals surface area contributed by atoms with Gasteiger partial charge in [0.25, 0.3) is 0 Å². The molecule has 1 aliphatic carbocycles. The van der Waals surface area contributed by atoms with E-state index in [1.807, 2.05) is 54.8 Å². The summed E-state index contributed by atoms with van der Waals surface area (Å²) >= 11 is 1.51. The van der Waals surface area contributed by atoms with E-state index in [9.17, 15) is 9.59 Å². The van der Waals surface area contributed by atoms with Crippen LogP contribution in [0.5, 0.6) is 11.5 Å². The molecule has 11 heteroatoms. The zero-order valence-electron chi connectivity index (χ0n) is 23.4. The lowest BCUT2D eigenvalue weighted by molar-refractivity contribution is -0.127. The van der Waals surface area contributed by atoms with Crippen molar-refractivity contribution >= 4 is 28.8 Å². The summed E-state index contributed by atoms with van der Waals surface area (Å²) in [6.07, 6.45) is 6.78. The van der Waals surface area contributed by atoms with E-state index in [1.165, 1.54) is 17.7 Å². The summed E-state index contributed by atoms with van der Waals surface area (Å²) < 4.78 is 12.9. The maximum absolute atomic E-state index is 14.3. The maximum atomic E-state index is 14.3. The Morgan fingerprint density at radius 3 is 2.59 bits per heavy atom. The Labute approximate surface area is 243 Å². The molecule has 2 aromatic heterocycles. The molecule has 0 aliphatic heterocycles. The molecule has 1 saturated carbocycles. The summed E-state index contributed by atoms with van der Waals surface area (Å²) in [5, 5.41) is 16.7. The van der Waals surface area contributed by atoms with Crippen LogP contribution in [0.15, 0.2) is 60.2 Å². The van der Waals surface area contributed by atoms with Crippen LogP contribution < -0.4 is 19.7 Å². The Morgan fingerprint density at radius 1 is 1.10 bits per heavy atom. The predicted octanol–water partition coefficient (Wildman–Crippen LogP) is 4.82. The SMILES string of the molecule is COc1cccc([C@@H](C(=O)NC2CCCCC2)N(C(=O)Cc2cccs2)c2ccc(-n3cnnn3)c(C)c2)c1OC. The number of aromatic nitrogens is 4. The number of amides is 2. The summed E-state index contributed by atoms with van der Waals surface area (Å²) in [5.41, 5.74) is 2.73. The molecule has 10 nitrogen and oxygen atoms in total. The lowest BCUT2D eigenvalue weighted by Crippen LogP contribution is -2.47. The van der Waals surface area contributed by atoms with E-state index >= 15 is 0 Å². The number of nitrogens with one attached hydrogen (secondary N) is 1. The van der Waals surface area contributed by atoms with Crippen LogP contribution in [0.1, 0.15) is 54.1 Å². The van der Waals surface area contributed by atoms with E-state index in [0.29, 0.717) is 22.7 Å². The highest BCUT2D eigenvalue weighted by Crippen LogP contribution is 2.40. The number of nitrogens with zero attached hydrogens (tertiary/aromatic N) is 5. The minimum absolute atomic E-state index is 0.0496. The van der Waals surface area contributed by atoms with Crippen molar-refractivity contribution in [2.75, 3.05) is 19.1 Å². The van der Waals surface area contributed by atoms with Gasteiger partial charge in [0, 0.05) is 22.2 Å². The Balaban J connectivity index is 1.64. The van der Waals surface area contributed by atoms with Gasteiger partial charge in [-0.05, 0) is 71.5 Å². The summed E-state index contributed by atoms with van der Waals surface area (Å²) in [7, 11) is 3.10. The number of tetrazole rings is 1. The first-order chi connectivity index (χ1) is 20.0. The minimum atomic E-state index is -1.01. The van der Waals surface area contributed by atoms with E-state index < -0.39 is 6.04 Å². The zero-order chi connectivity index (χ0) is 28.8. The number of benzene rings is 2. The lowest BCUT2D eigenvalue weighted by Gasteiger charge is -2.34. The molecule has 0 saturated heterocycles. The van der Waals surface area contributed by atoms with Crippen LogP contribution in [0.25, 0.3) is 5.69 Å². The van der Waals surface area contributed by atoms with Crippen molar-refractivity contribution < 1.29 is 19.1 Å². The molecule has 2 heterocycles. The van der Waals surface area contributed by atoms with Gasteiger partial charge in [-0.15, -0.1) is 16.4 Å². The molecule has 1 N–H and O–H groups in total. The van der Waals surface area contributed by atoms with Crippen LogP contribution >= 0.6 is 11.3 Å². The van der Waals surface area contributed by atoms with E-state index in [2.05, 4.69) is 20.8 Å². The van der Waals surface area contributed by atoms with Crippen molar-refractivity contribution in [3.8, 4) is 17.2 Å². The molecular formula is C30H34N6O4S. The van der Waals surface area contributed by atoms with Gasteiger partial charge in [0.2, 0.25) is 11.8 Å². The second kappa shape index (κ2) is 12.9. The van der Waals surface area contributed by atoms with Gasteiger partial charge in [-0.1, -0.05) is 37.5 Å². The lowest BCUT2D eigenvalue weighted by atomic mass is 9.94. The van der Waals surface area contributed by atoms with Gasteiger partial charge in [0.15, 0.2) is 11.5 Å². The monoisotopic (exact) mass is 574 g/mol. The van der Waals surface area contributed by atoms with Crippen molar-refractivity contribution in [3.05, 3.63) is 76.2 Å². The molecule has 2 amide bonds. The highest BCUT2D eigenvalue weighted by atomic mass is 32.1. The quantitative estimate of drug-likeness (QED) is 0.289. The summed E-state index contributed by atoms with van der Waals surface area (Å²) in [5.74, 6) is 0.423. The second-order valence-corrected chi connectivity index (χ2v) is 11.1. The van der Waals surface area contributed by atoms with E-state index in [1.54, 1.807) is 29.9 Å². The van der Waals surface area contributed by atoms with Crippen molar-refractivity contribution in [2.45, 2.75) is 57.5 Å². The molecule has 0 spiro atoms. The number of rotatable bonds is 10. The smallest absolute Gasteiger partial charge is 0.248 e. The number of carbonyl (C=O) groups excluding carboxylic acids is 2. The molecule has 5 rings (SSSR count). The molecule has 2 aromatic carbocycles. The largest absolute Gasteiger partial charge is 0.493 e. The first-order valence-corrected chi connectivity index (χ1v) is 14.6. The summed E-state index contributed by atoms with van der Waals surface area (Å²) in [4.78, 5) is 31.1. The maximum Gasteiger partial charge on any atom is 0.248 e. The average Bonchev–Trinajstić information content (AvgIpc) is 3.71. The highest BCUT2D eigenvalue weighted by Gasteiger charge is 2.37. The van der Waals surface area contributed by atoms with Gasteiger partial charge in [0.1, 0.15) is 12.4 Å². The van der Waals surface area contributed by atoms with Crippen LogP contribution in [0, 0.1) is 6.92 Å². The standard InChI is InChI=1S/C30H34N6O4S/c1-20-17-22(14-15-25(20)35-19-31-33-34-35)36(27(37)18-23-11-8-16-41-23)28(30(38)32-21-9-5-4-6-10-21)24-12-7-13-26(39-2)29(24)40-3/h7-8,11-17,19,21,28H,4-6,9-10,18H2,1-3H3,(H,32,38)/t28-/m0/s1. The van der Waals surface area contributed by atoms with E-state index in [-0.39, 0.29) is 24.3 Å². The van der Waals surface area contributed by atoms with Crippen LogP contribution in [0.4, 0.5) is 5.69 Å². The van der Waals surface area contributed by atoms with Crippen molar-refractivity contribution in [3.63, 3.8) is 0 Å². The van der Waals surface area contributed by atoms with Gasteiger partial charge >= 0.3 is 0 Å². The van der Waals surface area contributed by atoms with Crippen molar-refractivity contribution in [2.24, 2.45) is 0 Å². The highest BCUT2D eigenvalue weighted by molar-refractivity contribution is 7.10. The fraction of sp³-hybridized carbons (Fsp3) is 0.367. The molecular weight excluding hydrogens is 540 g/mol. The molecule has 0 unspecified atom stereocenters. The number of aryl methyl sites for hydroxylation is 1. The number of carbonyl (C=O) groups is 2. The van der Waals surface area contributed by atoms with Crippen LogP contribution in [-0.2, 0) is 16.0 Å². The number of methoxy groups -OCH3 is 2. The molecule has 0 bridgehead atoms. The fourth-order valence-electron chi connectivity index (χ4n) is 5.45. The Morgan fingerprint density at radius 2 is 1.93 bits per heavy atom. The Bertz CT molecular complexity index is 1470.